The third-order valence-electron chi connectivity index (χ3n) is 5.59. The molecule has 0 radical (unpaired) electrons. The zero-order chi connectivity index (χ0) is 24.4. The Kier molecular flexibility index (Phi) is 4.99. The fourth-order valence-electron chi connectivity index (χ4n) is 3.88. The minimum atomic E-state index is -4.68. The number of carbonyl (C=O) groups excluding carboxylic acids is 1. The number of alkyl halides is 3. The third kappa shape index (κ3) is 3.44. The van der Waals surface area contributed by atoms with E-state index in [1.165, 1.54) is 29.2 Å². The number of rotatable bonds is 2. The van der Waals surface area contributed by atoms with Gasteiger partial charge in [0.05, 0.1) is 40.7 Å². The van der Waals surface area contributed by atoms with E-state index in [1.54, 1.807) is 12.4 Å². The summed E-state index contributed by atoms with van der Waals surface area (Å²) in [5.41, 5.74) is -1.44. The summed E-state index contributed by atoms with van der Waals surface area (Å²) < 4.78 is 45.1. The molecule has 14 heteroatoms. The van der Waals surface area contributed by atoms with Gasteiger partial charge < -0.3 is 5.32 Å². The number of carbonyl (C=O) groups is 1. The smallest absolute Gasteiger partial charge is 0.306 e. The average Bonchev–Trinajstić information content (AvgIpc) is 3.42. The normalized spacial score (nSPS) is 17.9. The number of anilines is 2. The van der Waals surface area contributed by atoms with Gasteiger partial charge in [-0.05, 0) is 25.5 Å². The highest BCUT2D eigenvalue weighted by molar-refractivity contribution is 6.32. The highest BCUT2D eigenvalue weighted by atomic mass is 35.5. The van der Waals surface area contributed by atoms with Crippen molar-refractivity contribution in [2.24, 2.45) is 0 Å². The molecule has 0 unspecified atom stereocenters. The van der Waals surface area contributed by atoms with Crippen LogP contribution in [0.15, 0.2) is 36.9 Å². The van der Waals surface area contributed by atoms with Gasteiger partial charge in [-0.2, -0.15) is 23.4 Å². The van der Waals surface area contributed by atoms with Crippen molar-refractivity contribution in [1.29, 1.82) is 0 Å². The van der Waals surface area contributed by atoms with E-state index in [4.69, 9.17) is 23.2 Å². The molecule has 34 heavy (non-hydrogen) atoms. The number of pyridine rings is 1. The van der Waals surface area contributed by atoms with Gasteiger partial charge in [0.15, 0.2) is 16.6 Å². The highest BCUT2D eigenvalue weighted by Crippen LogP contribution is 2.50. The molecule has 0 spiro atoms. The van der Waals surface area contributed by atoms with Crippen LogP contribution in [-0.4, -0.2) is 48.1 Å². The van der Waals surface area contributed by atoms with Gasteiger partial charge in [-0.15, -0.1) is 0 Å². The number of aromatic nitrogens is 6. The zero-order valence-electron chi connectivity index (χ0n) is 17.6. The molecule has 0 saturated heterocycles. The van der Waals surface area contributed by atoms with Crippen LogP contribution >= 0.6 is 23.2 Å². The van der Waals surface area contributed by atoms with E-state index in [0.29, 0.717) is 5.82 Å². The van der Waals surface area contributed by atoms with E-state index in [9.17, 15) is 18.0 Å². The predicted molar refractivity (Wildman–Crippen MR) is 119 cm³/mol. The van der Waals surface area contributed by atoms with E-state index in [0.717, 1.165) is 21.9 Å². The van der Waals surface area contributed by atoms with Gasteiger partial charge in [0, 0.05) is 18.8 Å². The first-order valence-electron chi connectivity index (χ1n) is 9.85. The summed E-state index contributed by atoms with van der Waals surface area (Å²) in [6.45, 7) is 2.18. The number of halogens is 5. The molecule has 5 heterocycles. The second-order valence-electron chi connectivity index (χ2n) is 8.07. The third-order valence-corrected chi connectivity index (χ3v) is 6.06. The number of aryl methyl sites for hydroxylation is 1. The van der Waals surface area contributed by atoms with Gasteiger partial charge >= 0.3 is 12.2 Å². The zero-order valence-corrected chi connectivity index (χ0v) is 19.1. The first-order valence-corrected chi connectivity index (χ1v) is 10.6. The minimum Gasteiger partial charge on any atom is -0.306 e. The van der Waals surface area contributed by atoms with E-state index in [1.807, 2.05) is 6.92 Å². The number of hydrogen-bond acceptors (Lipinski definition) is 5. The minimum absolute atomic E-state index is 0.0125. The highest BCUT2D eigenvalue weighted by Gasteiger charge is 2.60. The largest absolute Gasteiger partial charge is 0.401 e. The summed E-state index contributed by atoms with van der Waals surface area (Å²) in [4.78, 5) is 22.4. The van der Waals surface area contributed by atoms with Crippen LogP contribution in [0.4, 0.5) is 29.3 Å². The van der Waals surface area contributed by atoms with Crippen molar-refractivity contribution < 1.29 is 18.0 Å². The van der Waals surface area contributed by atoms with Crippen LogP contribution in [0.5, 0.6) is 0 Å². The molecular weight excluding hydrogens is 496 g/mol. The van der Waals surface area contributed by atoms with Gasteiger partial charge in [-0.25, -0.2) is 24.0 Å². The van der Waals surface area contributed by atoms with E-state index < -0.39 is 24.2 Å². The monoisotopic (exact) mass is 510 g/mol. The standard InChI is InChI=1S/C20H15Cl2F3N8O/c1-10-5-28-32(8-10)17-12(21)3-11(6-27-17)29-18(34)31-9-19(2,20(23,24)25)16-13(31)7-26-15-4-14(22)30-33(15)16/h3-8H,9H2,1-2H3,(H,29,34)/t19-/m1/s1. The number of nitrogens with one attached hydrogen (secondary N) is 1. The van der Waals surface area contributed by atoms with Gasteiger partial charge in [0.2, 0.25) is 0 Å². The first-order chi connectivity index (χ1) is 16.0. The topological polar surface area (TPSA) is 93.2 Å². The first kappa shape index (κ1) is 22.4. The molecular formula is C20H15Cl2F3N8O. The lowest BCUT2D eigenvalue weighted by Gasteiger charge is -2.28. The Bertz CT molecular complexity index is 1450. The van der Waals surface area contributed by atoms with E-state index in [-0.39, 0.29) is 32.9 Å². The Morgan fingerprint density at radius 2 is 1.94 bits per heavy atom. The Labute approximate surface area is 200 Å². The van der Waals surface area contributed by atoms with Crippen LogP contribution in [0, 0.1) is 6.92 Å². The quantitative estimate of drug-likeness (QED) is 0.418. The average molecular weight is 511 g/mol. The lowest BCUT2D eigenvalue weighted by Crippen LogP contribution is -2.46. The molecule has 1 aliphatic heterocycles. The summed E-state index contributed by atoms with van der Waals surface area (Å²) in [6.07, 6.45) is 1.21. The molecule has 4 aromatic rings. The molecule has 1 atom stereocenters. The number of hydrogen-bond donors (Lipinski definition) is 1. The van der Waals surface area contributed by atoms with Gasteiger partial charge in [0.1, 0.15) is 5.41 Å². The molecule has 0 fully saturated rings. The maximum absolute atomic E-state index is 14.2. The second kappa shape index (κ2) is 7.57. The fraction of sp³-hybridized carbons (Fsp3) is 0.250. The Balaban J connectivity index is 1.50. The Morgan fingerprint density at radius 1 is 1.18 bits per heavy atom. The van der Waals surface area contributed by atoms with Crippen molar-refractivity contribution in [2.75, 3.05) is 16.8 Å². The molecule has 0 aromatic carbocycles. The van der Waals surface area contributed by atoms with E-state index in [2.05, 4.69) is 25.5 Å². The van der Waals surface area contributed by atoms with Crippen LogP contribution in [0.1, 0.15) is 18.2 Å². The van der Waals surface area contributed by atoms with Crippen molar-refractivity contribution in [3.05, 3.63) is 58.4 Å². The van der Waals surface area contributed by atoms with Crippen LogP contribution in [0.25, 0.3) is 11.5 Å². The maximum atomic E-state index is 14.2. The van der Waals surface area contributed by atoms with Crippen LogP contribution in [0.2, 0.25) is 10.2 Å². The predicted octanol–water partition coefficient (Wildman–Crippen LogP) is 4.80. The second-order valence-corrected chi connectivity index (χ2v) is 8.86. The number of amides is 2. The van der Waals surface area contributed by atoms with Crippen molar-refractivity contribution in [3.8, 4) is 5.82 Å². The molecule has 0 aliphatic carbocycles. The summed E-state index contributed by atoms with van der Waals surface area (Å²) in [5.74, 6) is 0.339. The lowest BCUT2D eigenvalue weighted by molar-refractivity contribution is -0.181. The molecule has 4 aromatic heterocycles. The van der Waals surface area contributed by atoms with E-state index >= 15 is 0 Å². The summed E-state index contributed by atoms with van der Waals surface area (Å²) in [6, 6.07) is 1.97. The van der Waals surface area contributed by atoms with Crippen molar-refractivity contribution in [1.82, 2.24) is 29.4 Å². The maximum Gasteiger partial charge on any atom is 0.401 e. The molecule has 0 saturated carbocycles. The molecule has 5 rings (SSSR count). The van der Waals surface area contributed by atoms with Gasteiger partial charge in [0.25, 0.3) is 0 Å². The molecule has 1 N–H and O–H groups in total. The SMILES string of the molecule is Cc1cnn(-c2ncc(NC(=O)N3C[C@@](C)(C(F)(F)F)c4c3cnc3cc(Cl)nn43)cc2Cl)c1. The Hall–Kier alpha value is -3.38. The molecule has 1 aliphatic rings. The molecule has 176 valence electrons. The van der Waals surface area contributed by atoms with Crippen LogP contribution in [0.3, 0.4) is 0 Å². The van der Waals surface area contributed by atoms with Gasteiger partial charge in [-0.1, -0.05) is 23.2 Å². The summed E-state index contributed by atoms with van der Waals surface area (Å²) >= 11 is 12.2. The molecule has 0 bridgehead atoms. The summed E-state index contributed by atoms with van der Waals surface area (Å²) in [7, 11) is 0. The van der Waals surface area contributed by atoms with Gasteiger partial charge in [-0.3, -0.25) is 4.90 Å². The summed E-state index contributed by atoms with van der Waals surface area (Å²) in [5, 5.41) is 10.8. The number of fused-ring (bicyclic) bond motifs is 3. The number of urea groups is 1. The van der Waals surface area contributed by atoms with Crippen molar-refractivity contribution in [2.45, 2.75) is 25.4 Å². The van der Waals surface area contributed by atoms with Crippen molar-refractivity contribution >= 4 is 46.3 Å². The fourth-order valence-corrected chi connectivity index (χ4v) is 4.31. The Morgan fingerprint density at radius 3 is 2.59 bits per heavy atom. The van der Waals surface area contributed by atoms with Crippen LogP contribution in [-0.2, 0) is 5.41 Å². The number of nitrogens with zero attached hydrogens (tertiary/aromatic N) is 7. The van der Waals surface area contributed by atoms with Crippen molar-refractivity contribution in [3.63, 3.8) is 0 Å². The van der Waals surface area contributed by atoms with Crippen LogP contribution < -0.4 is 10.2 Å². The molecule has 9 nitrogen and oxygen atoms in total. The molecule has 2 amide bonds. The lowest BCUT2D eigenvalue weighted by atomic mass is 9.88.